The molecule has 1 aromatic heterocycles. The highest BCUT2D eigenvalue weighted by Gasteiger charge is 2.28. The van der Waals surface area contributed by atoms with Crippen LogP contribution in [-0.4, -0.2) is 29.0 Å². The fourth-order valence-electron chi connectivity index (χ4n) is 1.55. The summed E-state index contributed by atoms with van der Waals surface area (Å²) in [4.78, 5) is 19.6. The molecule has 0 aliphatic heterocycles. The summed E-state index contributed by atoms with van der Waals surface area (Å²) in [6.45, 7) is 3.39. The molecule has 5 heteroatoms. The van der Waals surface area contributed by atoms with Crippen molar-refractivity contribution in [3.05, 3.63) is 18.1 Å². The van der Waals surface area contributed by atoms with Crippen molar-refractivity contribution in [1.82, 2.24) is 15.3 Å². The van der Waals surface area contributed by atoms with Crippen molar-refractivity contribution < 1.29 is 4.79 Å². The van der Waals surface area contributed by atoms with Crippen LogP contribution in [0.2, 0.25) is 0 Å². The second-order valence-electron chi connectivity index (χ2n) is 4.24. The van der Waals surface area contributed by atoms with Gasteiger partial charge in [-0.15, -0.1) is 0 Å². The van der Waals surface area contributed by atoms with Crippen LogP contribution >= 0.6 is 0 Å². The molecule has 5 nitrogen and oxygen atoms in total. The molecule has 1 heterocycles. The van der Waals surface area contributed by atoms with Crippen LogP contribution in [0.5, 0.6) is 0 Å². The summed E-state index contributed by atoms with van der Waals surface area (Å²) in [6.07, 6.45) is 4.55. The van der Waals surface area contributed by atoms with Gasteiger partial charge in [0.1, 0.15) is 12.1 Å². The Balaban J connectivity index is 1.68. The van der Waals surface area contributed by atoms with E-state index in [0.717, 1.165) is 30.8 Å². The molecule has 0 bridgehead atoms. The summed E-state index contributed by atoms with van der Waals surface area (Å²) in [5.41, 5.74) is 1.02. The maximum Gasteiger partial charge on any atom is 0.223 e. The van der Waals surface area contributed by atoms with Crippen LogP contribution < -0.4 is 10.6 Å². The number of anilines is 1. The Morgan fingerprint density at radius 1 is 1.41 bits per heavy atom. The molecule has 2 N–H and O–H groups in total. The lowest BCUT2D eigenvalue weighted by atomic mass is 10.3. The van der Waals surface area contributed by atoms with Gasteiger partial charge in [-0.1, -0.05) is 6.92 Å². The van der Waals surface area contributed by atoms with Crippen LogP contribution in [0.15, 0.2) is 12.4 Å². The molecule has 2 rings (SSSR count). The molecule has 0 unspecified atom stereocenters. The van der Waals surface area contributed by atoms with Crippen LogP contribution in [0.4, 0.5) is 5.82 Å². The molecule has 1 fully saturated rings. The van der Waals surface area contributed by atoms with Crippen molar-refractivity contribution in [2.45, 2.75) is 26.2 Å². The highest BCUT2D eigenvalue weighted by molar-refractivity contribution is 5.80. The molecule has 1 saturated carbocycles. The van der Waals surface area contributed by atoms with Gasteiger partial charge >= 0.3 is 0 Å². The summed E-state index contributed by atoms with van der Waals surface area (Å²) in [6, 6.07) is 1.93. The minimum absolute atomic E-state index is 0.184. The lowest BCUT2D eigenvalue weighted by Gasteiger charge is -2.07. The Morgan fingerprint density at radius 3 is 2.94 bits per heavy atom. The summed E-state index contributed by atoms with van der Waals surface area (Å²) in [5.74, 6) is 1.28. The van der Waals surface area contributed by atoms with Gasteiger partial charge in [0.25, 0.3) is 0 Å². The predicted molar refractivity (Wildman–Crippen MR) is 65.6 cm³/mol. The summed E-state index contributed by atoms with van der Waals surface area (Å²) < 4.78 is 0. The third-order valence-electron chi connectivity index (χ3n) is 2.76. The summed E-state index contributed by atoms with van der Waals surface area (Å²) in [7, 11) is 0. The Hall–Kier alpha value is -1.65. The van der Waals surface area contributed by atoms with Crippen molar-refractivity contribution in [1.29, 1.82) is 0 Å². The molecule has 17 heavy (non-hydrogen) atoms. The molecule has 1 aliphatic rings. The Morgan fingerprint density at radius 2 is 2.24 bits per heavy atom. The lowest BCUT2D eigenvalue weighted by molar-refractivity contribution is -0.122. The number of carbonyl (C=O) groups is 1. The second-order valence-corrected chi connectivity index (χ2v) is 4.24. The number of hydrogen-bond acceptors (Lipinski definition) is 4. The summed E-state index contributed by atoms with van der Waals surface area (Å²) >= 11 is 0. The molecule has 0 radical (unpaired) electrons. The van der Waals surface area contributed by atoms with E-state index in [0.29, 0.717) is 13.1 Å². The third kappa shape index (κ3) is 3.69. The fraction of sp³-hybridized carbons (Fsp3) is 0.583. The van der Waals surface area contributed by atoms with Gasteiger partial charge in [0.15, 0.2) is 0 Å². The first-order valence-electron chi connectivity index (χ1n) is 6.12. The Kier molecular flexibility index (Phi) is 3.90. The van der Waals surface area contributed by atoms with Gasteiger partial charge in [-0.3, -0.25) is 4.79 Å². The van der Waals surface area contributed by atoms with Gasteiger partial charge in [-0.05, 0) is 19.3 Å². The molecule has 1 aliphatic carbocycles. The number of carbonyl (C=O) groups excluding carboxylic acids is 1. The van der Waals surface area contributed by atoms with Crippen LogP contribution in [-0.2, 0) is 11.2 Å². The predicted octanol–water partition coefficient (Wildman–Crippen LogP) is 0.977. The number of nitrogens with zero attached hydrogens (tertiary/aromatic N) is 2. The van der Waals surface area contributed by atoms with E-state index in [1.54, 1.807) is 6.33 Å². The van der Waals surface area contributed by atoms with Crippen molar-refractivity contribution >= 4 is 11.7 Å². The molecular formula is C12H18N4O. The van der Waals surface area contributed by atoms with Gasteiger partial charge in [0.05, 0.1) is 0 Å². The molecule has 0 atom stereocenters. The number of amides is 1. The van der Waals surface area contributed by atoms with Crippen LogP contribution in [0.3, 0.4) is 0 Å². The van der Waals surface area contributed by atoms with E-state index >= 15 is 0 Å². The van der Waals surface area contributed by atoms with Crippen molar-refractivity contribution in [3.8, 4) is 0 Å². The molecular weight excluding hydrogens is 216 g/mol. The van der Waals surface area contributed by atoms with E-state index in [9.17, 15) is 4.79 Å². The van der Waals surface area contributed by atoms with Crippen LogP contribution in [0.1, 0.15) is 25.5 Å². The fourth-order valence-corrected chi connectivity index (χ4v) is 1.55. The average molecular weight is 234 g/mol. The molecule has 92 valence electrons. The molecule has 1 aromatic rings. The largest absolute Gasteiger partial charge is 0.368 e. The van der Waals surface area contributed by atoms with E-state index in [1.807, 2.05) is 6.07 Å². The topological polar surface area (TPSA) is 66.9 Å². The van der Waals surface area contributed by atoms with Crippen molar-refractivity contribution in [2.75, 3.05) is 18.4 Å². The first kappa shape index (κ1) is 11.8. The van der Waals surface area contributed by atoms with E-state index in [-0.39, 0.29) is 11.8 Å². The monoisotopic (exact) mass is 234 g/mol. The minimum Gasteiger partial charge on any atom is -0.368 e. The van der Waals surface area contributed by atoms with Gasteiger partial charge in [-0.25, -0.2) is 9.97 Å². The molecule has 0 aromatic carbocycles. The lowest BCUT2D eigenvalue weighted by Crippen LogP contribution is -2.29. The second kappa shape index (κ2) is 5.61. The minimum atomic E-state index is 0.184. The molecule has 0 spiro atoms. The first-order valence-corrected chi connectivity index (χ1v) is 6.12. The van der Waals surface area contributed by atoms with Crippen molar-refractivity contribution in [2.24, 2.45) is 5.92 Å². The van der Waals surface area contributed by atoms with E-state index < -0.39 is 0 Å². The maximum absolute atomic E-state index is 11.4. The number of rotatable bonds is 6. The van der Waals surface area contributed by atoms with E-state index in [1.165, 1.54) is 0 Å². The normalized spacial score (nSPS) is 14.4. The van der Waals surface area contributed by atoms with Crippen molar-refractivity contribution in [3.63, 3.8) is 0 Å². The van der Waals surface area contributed by atoms with Crippen LogP contribution in [0, 0.1) is 5.92 Å². The maximum atomic E-state index is 11.4. The highest BCUT2D eigenvalue weighted by Crippen LogP contribution is 2.28. The van der Waals surface area contributed by atoms with Gasteiger partial charge in [0, 0.05) is 30.8 Å². The van der Waals surface area contributed by atoms with Gasteiger partial charge < -0.3 is 10.6 Å². The number of aryl methyl sites for hydroxylation is 1. The van der Waals surface area contributed by atoms with E-state index in [4.69, 9.17) is 0 Å². The average Bonchev–Trinajstić information content (AvgIpc) is 3.19. The third-order valence-corrected chi connectivity index (χ3v) is 2.76. The smallest absolute Gasteiger partial charge is 0.223 e. The molecule has 1 amide bonds. The Bertz CT molecular complexity index is 390. The zero-order chi connectivity index (χ0) is 12.1. The van der Waals surface area contributed by atoms with Crippen LogP contribution in [0.25, 0.3) is 0 Å². The zero-order valence-corrected chi connectivity index (χ0v) is 10.1. The quantitative estimate of drug-likeness (QED) is 0.720. The Labute approximate surface area is 101 Å². The standard InChI is InChI=1S/C12H18N4O/c1-2-10-7-11(16-8-15-10)13-5-6-14-12(17)9-3-4-9/h7-9H,2-6H2,1H3,(H,14,17)(H,13,15,16). The summed E-state index contributed by atoms with van der Waals surface area (Å²) in [5, 5.41) is 6.07. The molecule has 0 saturated heterocycles. The SMILES string of the molecule is CCc1cc(NCCNC(=O)C2CC2)ncn1. The zero-order valence-electron chi connectivity index (χ0n) is 10.1. The highest BCUT2D eigenvalue weighted by atomic mass is 16.2. The number of hydrogen-bond donors (Lipinski definition) is 2. The van der Waals surface area contributed by atoms with E-state index in [2.05, 4.69) is 27.5 Å². The number of nitrogens with one attached hydrogen (secondary N) is 2. The number of aromatic nitrogens is 2. The first-order chi connectivity index (χ1) is 8.29. The van der Waals surface area contributed by atoms with Gasteiger partial charge in [0.2, 0.25) is 5.91 Å². The van der Waals surface area contributed by atoms with Gasteiger partial charge in [-0.2, -0.15) is 0 Å².